The Labute approximate surface area is 389 Å². The van der Waals surface area contributed by atoms with Gasteiger partial charge >= 0.3 is 5.69 Å². The fourth-order valence-electron chi connectivity index (χ4n) is 9.97. The van der Waals surface area contributed by atoms with Gasteiger partial charge in [0, 0.05) is 62.8 Å². The Morgan fingerprint density at radius 3 is 2.61 bits per heavy atom. The number of aromatic amines is 1. The van der Waals surface area contributed by atoms with Gasteiger partial charge in [0.15, 0.2) is 10.9 Å². The third-order valence-electron chi connectivity index (χ3n) is 14.0. The summed E-state index contributed by atoms with van der Waals surface area (Å²) in [5, 5.41) is 25.2. The Kier molecular flexibility index (Phi) is 13.6. The van der Waals surface area contributed by atoms with Crippen LogP contribution in [0.3, 0.4) is 0 Å². The number of anilines is 2. The minimum atomic E-state index is -4.71. The maximum Gasteiger partial charge on any atom is 0.312 e. The van der Waals surface area contributed by atoms with E-state index in [0.717, 1.165) is 63.2 Å². The SMILES string of the molecule is CC[C@@](C)(O)CCCCNc1ncc(S(=O)(=O)NC(=O)c2ccc(N3CCC4(CC3)CN([C@H]3CCC[C@H]3c3ccccc3C(C)C)C4)cc2Oc2cc3c(F)c[nH]c3nc2Cl)cc1[N+](=O)[O-]. The highest BCUT2D eigenvalue weighted by Gasteiger charge is 2.49. The number of pyridine rings is 2. The summed E-state index contributed by atoms with van der Waals surface area (Å²) in [5.74, 6) is -0.930. The standard InChI is InChI=1S/C48H58ClFN8O7S/c1-5-47(4,60)17-8-9-20-51-45-40(58(61)62)24-32(26-52-45)66(63,64)55-46(59)36-16-15-31(23-41(36)65-42-25-37-38(50)27-53-44(37)54-43(42)49)56-21-18-48(19-22-56)28-57(29-48)39-14-10-13-35(39)34-12-7-6-11-33(34)30(2)3/h6-7,11-12,15-16,23-27,30,35,39,60H,5,8-10,13-14,17-22,28-29H2,1-4H3,(H,51,52)(H,53,54)(H,55,59)/t35-,39-,47+/m0/s1. The number of benzene rings is 2. The summed E-state index contributed by atoms with van der Waals surface area (Å²) in [5.41, 5.74) is 2.48. The number of nitro groups is 1. The molecule has 3 aromatic heterocycles. The fourth-order valence-corrected chi connectivity index (χ4v) is 11.1. The van der Waals surface area contributed by atoms with Crippen LogP contribution < -0.4 is 19.7 Å². The average Bonchev–Trinajstić information content (AvgIpc) is 3.91. The van der Waals surface area contributed by atoms with Gasteiger partial charge in [0.1, 0.15) is 22.1 Å². The molecule has 2 aromatic carbocycles. The molecule has 5 aromatic rings. The molecule has 2 saturated heterocycles. The van der Waals surface area contributed by atoms with Crippen molar-refractivity contribution in [1.82, 2.24) is 24.6 Å². The molecule has 8 rings (SSSR count). The van der Waals surface area contributed by atoms with Crippen molar-refractivity contribution < 1.29 is 32.4 Å². The maximum absolute atomic E-state index is 14.7. The highest BCUT2D eigenvalue weighted by molar-refractivity contribution is 7.90. The number of hydrogen-bond donors (Lipinski definition) is 4. The summed E-state index contributed by atoms with van der Waals surface area (Å²) in [4.78, 5) is 40.5. The topological polar surface area (TPSA) is 196 Å². The van der Waals surface area contributed by atoms with Crippen molar-refractivity contribution in [3.8, 4) is 11.5 Å². The summed E-state index contributed by atoms with van der Waals surface area (Å²) in [6.45, 7) is 12.1. The van der Waals surface area contributed by atoms with Gasteiger partial charge in [-0.15, -0.1) is 0 Å². The number of ether oxygens (including phenoxy) is 1. The molecule has 0 bridgehead atoms. The Morgan fingerprint density at radius 2 is 1.88 bits per heavy atom. The second-order valence-electron chi connectivity index (χ2n) is 18.8. The zero-order chi connectivity index (χ0) is 47.0. The number of H-pyrrole nitrogens is 1. The third kappa shape index (κ3) is 9.99. The van der Waals surface area contributed by atoms with Crippen LogP contribution in [0.5, 0.6) is 11.5 Å². The first-order chi connectivity index (χ1) is 31.5. The molecule has 352 valence electrons. The molecule has 2 aliphatic heterocycles. The molecule has 3 atom stereocenters. The van der Waals surface area contributed by atoms with E-state index >= 15 is 0 Å². The van der Waals surface area contributed by atoms with E-state index in [1.54, 1.807) is 19.1 Å². The molecule has 3 fully saturated rings. The second-order valence-corrected chi connectivity index (χ2v) is 20.9. The van der Waals surface area contributed by atoms with Crippen molar-refractivity contribution in [2.24, 2.45) is 5.41 Å². The van der Waals surface area contributed by atoms with Gasteiger partial charge in [-0.3, -0.25) is 19.8 Å². The lowest BCUT2D eigenvalue weighted by Gasteiger charge is -2.57. The van der Waals surface area contributed by atoms with Crippen molar-refractivity contribution in [2.45, 2.75) is 114 Å². The molecule has 0 radical (unpaired) electrons. The van der Waals surface area contributed by atoms with E-state index in [-0.39, 0.29) is 44.5 Å². The highest BCUT2D eigenvalue weighted by atomic mass is 35.5. The van der Waals surface area contributed by atoms with E-state index in [0.29, 0.717) is 50.1 Å². The van der Waals surface area contributed by atoms with Gasteiger partial charge in [-0.2, -0.15) is 0 Å². The van der Waals surface area contributed by atoms with E-state index in [4.69, 9.17) is 16.3 Å². The van der Waals surface area contributed by atoms with Crippen LogP contribution in [0, 0.1) is 21.3 Å². The van der Waals surface area contributed by atoms with Gasteiger partial charge in [-0.25, -0.2) is 27.5 Å². The highest BCUT2D eigenvalue weighted by Crippen LogP contribution is 2.49. The van der Waals surface area contributed by atoms with Crippen LogP contribution in [0.25, 0.3) is 11.0 Å². The number of nitrogens with one attached hydrogen (secondary N) is 3. The van der Waals surface area contributed by atoms with E-state index in [1.807, 2.05) is 11.6 Å². The number of fused-ring (bicyclic) bond motifs is 1. The summed E-state index contributed by atoms with van der Waals surface area (Å²) in [6, 6.07) is 16.4. The molecular formula is C48H58ClFN8O7S. The lowest BCUT2D eigenvalue weighted by Crippen LogP contribution is -2.63. The van der Waals surface area contributed by atoms with Crippen LogP contribution in [0.15, 0.2) is 71.9 Å². The summed E-state index contributed by atoms with van der Waals surface area (Å²) >= 11 is 6.50. The van der Waals surface area contributed by atoms with Crippen molar-refractivity contribution in [3.63, 3.8) is 0 Å². The summed E-state index contributed by atoms with van der Waals surface area (Å²) in [7, 11) is -4.71. The lowest BCUT2D eigenvalue weighted by atomic mass is 9.70. The normalized spacial score (nSPS) is 19.5. The number of sulfonamides is 1. The largest absolute Gasteiger partial charge is 0.453 e. The maximum atomic E-state index is 14.7. The number of likely N-dealkylation sites (tertiary alicyclic amines) is 1. The number of piperidine rings is 1. The minimum Gasteiger partial charge on any atom is -0.453 e. The first-order valence-electron chi connectivity index (χ1n) is 22.9. The van der Waals surface area contributed by atoms with Crippen molar-refractivity contribution in [1.29, 1.82) is 0 Å². The van der Waals surface area contributed by atoms with Crippen molar-refractivity contribution in [2.75, 3.05) is 42.9 Å². The van der Waals surface area contributed by atoms with Crippen LogP contribution in [0.2, 0.25) is 5.15 Å². The number of nitrogens with zero attached hydrogens (tertiary/aromatic N) is 5. The fraction of sp³-hybridized carbons (Fsp3) is 0.479. The number of amides is 1. The third-order valence-corrected chi connectivity index (χ3v) is 15.5. The van der Waals surface area contributed by atoms with Crippen LogP contribution in [0.1, 0.15) is 119 Å². The number of hydrogen-bond acceptors (Lipinski definition) is 12. The Hall–Kier alpha value is -5.36. The molecule has 3 aliphatic rings. The monoisotopic (exact) mass is 944 g/mol. The molecule has 15 nitrogen and oxygen atoms in total. The van der Waals surface area contributed by atoms with Gasteiger partial charge in [-0.05, 0) is 105 Å². The number of carbonyl (C=O) groups is 1. The number of aliphatic hydroxyl groups is 1. The van der Waals surface area contributed by atoms with Crippen molar-refractivity contribution in [3.05, 3.63) is 105 Å². The molecule has 4 N–H and O–H groups in total. The Morgan fingerprint density at radius 1 is 1.12 bits per heavy atom. The van der Waals surface area contributed by atoms with Gasteiger partial charge in [0.05, 0.1) is 27.7 Å². The lowest BCUT2D eigenvalue weighted by molar-refractivity contribution is -0.384. The molecule has 1 saturated carbocycles. The zero-order valence-corrected chi connectivity index (χ0v) is 39.4. The number of carbonyl (C=O) groups excluding carboxylic acids is 1. The quantitative estimate of drug-likeness (QED) is 0.0299. The van der Waals surface area contributed by atoms with Crippen molar-refractivity contribution >= 4 is 55.8 Å². The second kappa shape index (κ2) is 19.1. The molecular weight excluding hydrogens is 887 g/mol. The molecule has 18 heteroatoms. The number of halogens is 2. The summed E-state index contributed by atoms with van der Waals surface area (Å²) < 4.78 is 50.3. The van der Waals surface area contributed by atoms with E-state index in [2.05, 4.69) is 68.2 Å². The first-order valence-corrected chi connectivity index (χ1v) is 24.7. The Bertz CT molecular complexity index is 2720. The van der Waals surface area contributed by atoms with Crippen LogP contribution in [-0.2, 0) is 10.0 Å². The van der Waals surface area contributed by atoms with E-state index < -0.39 is 42.9 Å². The van der Waals surface area contributed by atoms with E-state index in [9.17, 15) is 32.8 Å². The Balaban J connectivity index is 0.982. The molecule has 5 heterocycles. The van der Waals surface area contributed by atoms with Gasteiger partial charge < -0.3 is 25.0 Å². The number of unbranched alkanes of at least 4 members (excludes halogenated alkanes) is 1. The molecule has 66 heavy (non-hydrogen) atoms. The molecule has 0 unspecified atom stereocenters. The molecule has 1 amide bonds. The number of rotatable bonds is 17. The van der Waals surface area contributed by atoms with Crippen LogP contribution in [0.4, 0.5) is 21.6 Å². The van der Waals surface area contributed by atoms with Gasteiger partial charge in [0.25, 0.3) is 15.9 Å². The van der Waals surface area contributed by atoms with E-state index in [1.165, 1.54) is 42.5 Å². The predicted octanol–water partition coefficient (Wildman–Crippen LogP) is 9.67. The van der Waals surface area contributed by atoms with Gasteiger partial charge in [-0.1, -0.05) is 63.1 Å². The zero-order valence-electron chi connectivity index (χ0n) is 37.8. The molecule has 1 aliphatic carbocycles. The summed E-state index contributed by atoms with van der Waals surface area (Å²) in [6.07, 6.45) is 10.0. The minimum absolute atomic E-state index is 0.0626. The van der Waals surface area contributed by atoms with Crippen LogP contribution in [-0.4, -0.2) is 88.6 Å². The predicted molar refractivity (Wildman–Crippen MR) is 253 cm³/mol. The van der Waals surface area contributed by atoms with Gasteiger partial charge in [0.2, 0.25) is 5.82 Å². The smallest absolute Gasteiger partial charge is 0.312 e. The first kappa shape index (κ1) is 47.1. The van der Waals surface area contributed by atoms with Crippen LogP contribution >= 0.6 is 11.6 Å². The average molecular weight is 946 g/mol. The molecule has 1 spiro atoms. The number of aromatic nitrogens is 3.